The van der Waals surface area contributed by atoms with Crippen molar-refractivity contribution in [3.63, 3.8) is 0 Å². The van der Waals surface area contributed by atoms with Crippen molar-refractivity contribution in [3.05, 3.63) is 11.4 Å². The van der Waals surface area contributed by atoms with Gasteiger partial charge < -0.3 is 0 Å². The van der Waals surface area contributed by atoms with Gasteiger partial charge in [-0.2, -0.15) is 0 Å². The molecule has 136 valence electrons. The first-order valence-electron chi connectivity index (χ1n) is 8.97. The van der Waals surface area contributed by atoms with Gasteiger partial charge in [-0.1, -0.05) is 18.8 Å². The van der Waals surface area contributed by atoms with E-state index in [1.54, 1.807) is 7.05 Å². The molecule has 0 aromatic carbocycles. The van der Waals surface area contributed by atoms with Crippen molar-refractivity contribution in [1.82, 2.24) is 14.4 Å². The number of likely N-dealkylation sites (N-methyl/N-ethyl adjacent to an activating group) is 1. The van der Waals surface area contributed by atoms with E-state index in [9.17, 15) is 9.59 Å². The number of imide groups is 1. The molecule has 7 heteroatoms. The van der Waals surface area contributed by atoms with Crippen LogP contribution >= 0.6 is 0 Å². The van der Waals surface area contributed by atoms with E-state index in [0.717, 1.165) is 23.8 Å². The molecule has 1 saturated heterocycles. The van der Waals surface area contributed by atoms with Gasteiger partial charge in [0.15, 0.2) is 0 Å². The number of fused-ring (bicyclic) bond motifs is 3. The summed E-state index contributed by atoms with van der Waals surface area (Å²) in [5.41, 5.74) is 2.13. The van der Waals surface area contributed by atoms with Crippen molar-refractivity contribution in [1.29, 1.82) is 0 Å². The SMILES string of the molecule is Cc1c(C)[n+]2c(n1C(C)C)N=C1C2C(=O)N(CCC(C)C)C(=O)N1C. The molecule has 1 atom stereocenters. The van der Waals surface area contributed by atoms with Gasteiger partial charge >= 0.3 is 12.0 Å². The van der Waals surface area contributed by atoms with Crippen LogP contribution in [-0.2, 0) is 4.79 Å². The summed E-state index contributed by atoms with van der Waals surface area (Å²) in [5.74, 6) is 1.54. The standard InChI is InChI=1S/C18H28N5O2/c1-10(2)8-9-21-16(24)14-15(20(7)18(21)25)19-17-22(11(3)4)12(5)13(6)23(14)17/h10-11,14H,8-9H2,1-7H3/q+1. The zero-order valence-electron chi connectivity index (χ0n) is 16.2. The summed E-state index contributed by atoms with van der Waals surface area (Å²) in [7, 11) is 1.71. The van der Waals surface area contributed by atoms with Crippen molar-refractivity contribution in [2.45, 2.75) is 60.0 Å². The third-order valence-electron chi connectivity index (χ3n) is 5.20. The van der Waals surface area contributed by atoms with Gasteiger partial charge in [0.05, 0.1) is 6.04 Å². The van der Waals surface area contributed by atoms with Crippen LogP contribution in [0.2, 0.25) is 0 Å². The number of nitrogens with zero attached hydrogens (tertiary/aromatic N) is 5. The Bertz CT molecular complexity index is 775. The smallest absolute Gasteiger partial charge is 0.270 e. The van der Waals surface area contributed by atoms with Crippen LogP contribution in [0.1, 0.15) is 57.6 Å². The minimum Gasteiger partial charge on any atom is -0.270 e. The maximum absolute atomic E-state index is 13.1. The quantitative estimate of drug-likeness (QED) is 0.787. The Morgan fingerprint density at radius 3 is 2.36 bits per heavy atom. The van der Waals surface area contributed by atoms with Gasteiger partial charge in [0.1, 0.15) is 11.4 Å². The van der Waals surface area contributed by atoms with Gasteiger partial charge in [0.25, 0.3) is 5.91 Å². The van der Waals surface area contributed by atoms with Crippen LogP contribution in [0.25, 0.3) is 0 Å². The van der Waals surface area contributed by atoms with Crippen LogP contribution in [0.4, 0.5) is 10.7 Å². The van der Waals surface area contributed by atoms with E-state index >= 15 is 0 Å². The van der Waals surface area contributed by atoms with E-state index in [0.29, 0.717) is 18.3 Å². The molecule has 0 bridgehead atoms. The minimum absolute atomic E-state index is 0.171. The molecule has 0 spiro atoms. The topological polar surface area (TPSA) is 61.8 Å². The molecule has 1 aromatic rings. The molecule has 2 aliphatic heterocycles. The highest BCUT2D eigenvalue weighted by atomic mass is 16.2. The fourth-order valence-electron chi connectivity index (χ4n) is 3.67. The predicted octanol–water partition coefficient (Wildman–Crippen LogP) is 2.50. The molecular formula is C18H28N5O2+. The second-order valence-corrected chi connectivity index (χ2v) is 7.69. The first-order chi connectivity index (χ1) is 11.7. The number of amidine groups is 1. The molecule has 3 amide bonds. The Morgan fingerprint density at radius 1 is 1.16 bits per heavy atom. The molecule has 2 aliphatic rings. The molecule has 0 radical (unpaired) electrons. The van der Waals surface area contributed by atoms with Crippen LogP contribution in [0, 0.1) is 19.8 Å². The van der Waals surface area contributed by atoms with Crippen molar-refractivity contribution >= 4 is 23.7 Å². The lowest BCUT2D eigenvalue weighted by Crippen LogP contribution is -2.63. The minimum atomic E-state index is -0.538. The third-order valence-corrected chi connectivity index (χ3v) is 5.20. The Kier molecular flexibility index (Phi) is 4.21. The number of hydrogen-bond acceptors (Lipinski definition) is 3. The third kappa shape index (κ3) is 2.48. The Balaban J connectivity index is 2.08. The lowest BCUT2D eigenvalue weighted by Gasteiger charge is -2.33. The molecule has 0 N–H and O–H groups in total. The van der Waals surface area contributed by atoms with Crippen molar-refractivity contribution in [2.24, 2.45) is 10.9 Å². The van der Waals surface area contributed by atoms with Crippen LogP contribution < -0.4 is 4.57 Å². The van der Waals surface area contributed by atoms with E-state index in [-0.39, 0.29) is 18.0 Å². The zero-order valence-corrected chi connectivity index (χ0v) is 16.2. The van der Waals surface area contributed by atoms with Crippen LogP contribution in [0.3, 0.4) is 0 Å². The van der Waals surface area contributed by atoms with Crippen molar-refractivity contribution in [3.8, 4) is 0 Å². The Hall–Kier alpha value is -2.18. The summed E-state index contributed by atoms with van der Waals surface area (Å²) >= 11 is 0. The summed E-state index contributed by atoms with van der Waals surface area (Å²) in [6, 6.07) is -0.590. The number of aromatic nitrogens is 2. The summed E-state index contributed by atoms with van der Waals surface area (Å²) in [4.78, 5) is 33.4. The Labute approximate surface area is 148 Å². The fraction of sp³-hybridized carbons (Fsp3) is 0.667. The summed E-state index contributed by atoms with van der Waals surface area (Å²) in [6.45, 7) is 12.9. The molecule has 0 saturated carbocycles. The van der Waals surface area contributed by atoms with Gasteiger partial charge in [-0.25, -0.2) is 13.9 Å². The van der Waals surface area contributed by atoms with E-state index < -0.39 is 6.04 Å². The molecule has 1 fully saturated rings. The van der Waals surface area contributed by atoms with E-state index in [4.69, 9.17) is 0 Å². The first kappa shape index (κ1) is 17.6. The number of imidazole rings is 1. The van der Waals surface area contributed by atoms with Gasteiger partial charge in [-0.05, 0) is 40.0 Å². The zero-order chi connectivity index (χ0) is 18.6. The summed E-state index contributed by atoms with van der Waals surface area (Å²) < 4.78 is 4.11. The fourth-order valence-corrected chi connectivity index (χ4v) is 3.67. The number of carbonyl (C=O) groups excluding carboxylic acids is 2. The van der Waals surface area contributed by atoms with Crippen LogP contribution in [0.5, 0.6) is 0 Å². The molecule has 3 heterocycles. The predicted molar refractivity (Wildman–Crippen MR) is 94.9 cm³/mol. The Morgan fingerprint density at radius 2 is 1.80 bits per heavy atom. The van der Waals surface area contributed by atoms with Gasteiger partial charge in [-0.15, -0.1) is 0 Å². The largest absolute Gasteiger partial charge is 0.402 e. The molecule has 0 aliphatic carbocycles. The second-order valence-electron chi connectivity index (χ2n) is 7.69. The molecule has 3 rings (SSSR count). The number of aliphatic imine (C=N–C) groups is 1. The van der Waals surface area contributed by atoms with Crippen LogP contribution in [-0.4, -0.2) is 45.7 Å². The summed E-state index contributed by atoms with van der Waals surface area (Å²) in [6.07, 6.45) is 0.799. The first-order valence-corrected chi connectivity index (χ1v) is 8.97. The molecule has 1 aromatic heterocycles. The number of hydrogen-bond donors (Lipinski definition) is 0. The highest BCUT2D eigenvalue weighted by Crippen LogP contribution is 2.32. The highest BCUT2D eigenvalue weighted by molar-refractivity contribution is 6.19. The molecule has 25 heavy (non-hydrogen) atoms. The van der Waals surface area contributed by atoms with Gasteiger partial charge in [0.2, 0.25) is 11.9 Å². The highest BCUT2D eigenvalue weighted by Gasteiger charge is 2.54. The van der Waals surface area contributed by atoms with Crippen LogP contribution in [0.15, 0.2) is 4.99 Å². The van der Waals surface area contributed by atoms with E-state index in [1.807, 2.05) is 11.5 Å². The van der Waals surface area contributed by atoms with E-state index in [1.165, 1.54) is 9.80 Å². The number of rotatable bonds is 4. The monoisotopic (exact) mass is 346 g/mol. The number of amides is 3. The number of carbonyl (C=O) groups is 2. The van der Waals surface area contributed by atoms with Gasteiger partial charge in [0, 0.05) is 13.6 Å². The average Bonchev–Trinajstić information content (AvgIpc) is 3.01. The van der Waals surface area contributed by atoms with E-state index in [2.05, 4.69) is 44.2 Å². The lowest BCUT2D eigenvalue weighted by atomic mass is 10.1. The van der Waals surface area contributed by atoms with Gasteiger partial charge in [-0.3, -0.25) is 14.6 Å². The second kappa shape index (κ2) is 5.97. The molecule has 7 nitrogen and oxygen atoms in total. The number of urea groups is 1. The summed E-state index contributed by atoms with van der Waals surface area (Å²) in [5, 5.41) is 0. The average molecular weight is 346 g/mol. The molecular weight excluding hydrogens is 318 g/mol. The maximum Gasteiger partial charge on any atom is 0.402 e. The van der Waals surface area contributed by atoms with Crippen molar-refractivity contribution < 1.29 is 14.2 Å². The molecule has 1 unspecified atom stereocenters. The van der Waals surface area contributed by atoms with Crippen molar-refractivity contribution in [2.75, 3.05) is 13.6 Å². The maximum atomic E-state index is 13.1. The normalized spacial score (nSPS) is 19.9. The lowest BCUT2D eigenvalue weighted by molar-refractivity contribution is -0.683.